The van der Waals surface area contributed by atoms with E-state index in [1.165, 1.54) is 212 Å². The van der Waals surface area contributed by atoms with Crippen LogP contribution in [-0.2, 0) is 121 Å². The Morgan fingerprint density at radius 2 is 0.653 bits per heavy atom. The van der Waals surface area contributed by atoms with Crippen LogP contribution in [0.25, 0.3) is 10.8 Å². The van der Waals surface area contributed by atoms with E-state index in [0.29, 0.717) is 179 Å². The predicted octanol–water partition coefficient (Wildman–Crippen LogP) is 26.4. The molecule has 2 radical (unpaired) electrons. The molecule has 3 aromatic rings. The number of nitrogens with zero attached hydrogens (tertiary/aromatic N) is 2. The molecule has 2 aromatic carbocycles. The normalized spacial score (nSPS) is 13.5. The van der Waals surface area contributed by atoms with Crippen molar-refractivity contribution < 1.29 is 205 Å². The molecule has 4 bridgehead atoms. The van der Waals surface area contributed by atoms with Crippen molar-refractivity contribution in [3.8, 4) is 0 Å². The van der Waals surface area contributed by atoms with E-state index in [4.69, 9.17) is 52.1 Å². The van der Waals surface area contributed by atoms with Crippen LogP contribution in [0.3, 0.4) is 0 Å². The fourth-order valence-electron chi connectivity index (χ4n) is 14.6. The molecule has 4 aliphatic rings. The second-order valence-electron chi connectivity index (χ2n) is 39.0. The van der Waals surface area contributed by atoms with Crippen LogP contribution >= 0.6 is 0 Å². The van der Waals surface area contributed by atoms with Crippen LogP contribution in [0.4, 0.5) is 0 Å². The molecule has 0 unspecified atom stereocenters. The number of esters is 2. The summed E-state index contributed by atoms with van der Waals surface area (Å²) in [4.78, 5) is 142. The maximum absolute atomic E-state index is 11.7. The van der Waals surface area contributed by atoms with Crippen molar-refractivity contribution in [1.82, 2.24) is 9.88 Å². The van der Waals surface area contributed by atoms with Crippen molar-refractivity contribution in [1.29, 1.82) is 0 Å². The molecule has 4 aliphatic carbocycles. The van der Waals surface area contributed by atoms with Crippen molar-refractivity contribution in [2.24, 2.45) is 28.6 Å². The van der Waals surface area contributed by atoms with Crippen LogP contribution in [0.2, 0.25) is 0 Å². The molecule has 7 rings (SSSR count). The molecule has 0 saturated heterocycles. The summed E-state index contributed by atoms with van der Waals surface area (Å²) in [5, 5.41) is 2.39. The van der Waals surface area contributed by atoms with Crippen LogP contribution in [0, 0.1) is 114 Å². The molecule has 27 nitrogen and oxygen atoms in total. The first-order chi connectivity index (χ1) is 69.4. The Bertz CT molecular complexity index is 3630. The summed E-state index contributed by atoms with van der Waals surface area (Å²) < 4.78 is 61.2. The standard InChI is InChI=1S/C17H34O9.C17H34O.C13H12O.C12H18O.C11H22O.C9H18O5.C8H14O.C7H7NO.C7H14O.C6H12O.C5H11NO.C4H8O.C3H6O.2CH4.Ac.Pr/c1-17(18)26-16-15-25-14-13-24-12-11-23-10-9-22-8-7-21-6-5-20-4-3-19-2;1-3-4-5-6-7-8-9-10-11-12-13-14-15-16-17(2)18;1-10(14)9-12-7-4-6-11-5-2-3-8-13(11)12;1-8(13)12-5-9-2-10(6-12)4-11(3-9)7-12;1-3-4-5-6-7-8-9-10-11(2)12;1-9(10)14-8-7-13-6-5-12-4-3-11-2;1-3-4-5-6-7-8(2)9;1-6(9)7-2-4-8-5-3-7;1-3-4-5-6-7(2)8;1-5(7)6(2,3)4;1-5(7)4-6(2)3;1-3-4(2)5;1-3(2)4;;;;/h3-16H2,1-2H3;3-16H2,1-2H3;2-8H,9H2,1H3;9-11H,2-7H2,1H3;3-10H2,1-2H3;3-8H2,1-2H3;3H,1,4-7H2,2H3;2-5H,1H3;3-6H2,1-2H3;1-4H3;4H2,1-3H3;3H2,1-2H3;1-2H3;2*1H4;;. The van der Waals surface area contributed by atoms with Crippen molar-refractivity contribution in [3.05, 3.63) is 90.8 Å². The zero-order valence-electron chi connectivity index (χ0n) is 97.8. The minimum Gasteiger partial charge on any atom is -0.463 e. The molecular formula is C121H218AcN2O25Pr. The number of unbranched alkanes of at least 4 members (excludes halogenated alkanes) is 22. The van der Waals surface area contributed by atoms with E-state index >= 15 is 0 Å². The Morgan fingerprint density at radius 3 is 0.893 bits per heavy atom. The number of Topliss-reactive ketones (excluding diaryl/α,β-unsaturated/α-hetero) is 11. The van der Waals surface area contributed by atoms with Gasteiger partial charge in [0.05, 0.1) is 125 Å². The predicted molar refractivity (Wildman–Crippen MR) is 606 cm³/mol. The number of rotatable bonds is 68. The van der Waals surface area contributed by atoms with Gasteiger partial charge < -0.3 is 90.5 Å². The van der Waals surface area contributed by atoms with Gasteiger partial charge in [-0.15, -0.1) is 6.58 Å². The second-order valence-corrected chi connectivity index (χ2v) is 39.0. The number of aromatic nitrogens is 1. The summed E-state index contributed by atoms with van der Waals surface area (Å²) >= 11 is 0. The minimum atomic E-state index is -0.304. The molecule has 1 heterocycles. The number of ether oxygens (including phenoxy) is 12. The summed E-state index contributed by atoms with van der Waals surface area (Å²) in [7, 11) is 7.02. The van der Waals surface area contributed by atoms with E-state index in [0.717, 1.165) is 87.5 Å². The van der Waals surface area contributed by atoms with Gasteiger partial charge in [-0.2, -0.15) is 0 Å². The summed E-state index contributed by atoms with van der Waals surface area (Å²) in [5.74, 6) is 5.10. The first-order valence-electron chi connectivity index (χ1n) is 54.4. The Kier molecular flexibility index (Phi) is 139. The van der Waals surface area contributed by atoms with Crippen molar-refractivity contribution in [2.45, 2.75) is 404 Å². The average molecular weight is 2470 g/mol. The van der Waals surface area contributed by atoms with Crippen LogP contribution in [0.1, 0.15) is 414 Å². The molecular weight excluding hydrogens is 2250 g/mol. The number of allylic oxidation sites excluding steroid dienone is 1. The first-order valence-corrected chi connectivity index (χ1v) is 54.4. The number of methoxy groups -OCH3 is 2. The van der Waals surface area contributed by atoms with Gasteiger partial charge in [0.1, 0.15) is 71.0 Å². The molecule has 0 amide bonds. The number of carbonyl (C=O) groups is 13. The average Bonchev–Trinajstić information content (AvgIpc) is 0.743. The Hall–Kier alpha value is -4.73. The number of likely N-dealkylation sites (N-methyl/N-ethyl adjacent to an activating group) is 1. The second kappa shape index (κ2) is 124. The van der Waals surface area contributed by atoms with Crippen LogP contribution < -0.4 is 0 Å². The van der Waals surface area contributed by atoms with Gasteiger partial charge in [0.2, 0.25) is 0 Å². The number of benzene rings is 2. The molecule has 150 heavy (non-hydrogen) atoms. The SMILES string of the molecule is C.C.C=CCCCCC(C)=O.CC(=O)C(C)(C)C.CC(=O)C12CC3CC(CC(C3)C1)C2.CC(=O)CN(C)C.CC(=O)Cc1cccc2ccccc12.CC(=O)c1ccncc1.CC(C)=O.CCC(C)=O.CCCCCC(C)=O.CCCCCCCCCC(C)=O.CCCCCCCCCCCCCCCC(C)=O.COCCOCCOCCOC(C)=O.COCCOCCOCCOCCOCCOCCOCCOC(C)=O.[Ac].[Pr]. The first kappa shape index (κ1) is 168. The van der Waals surface area contributed by atoms with E-state index in [1.807, 2.05) is 84.0 Å². The number of hydrogen-bond acceptors (Lipinski definition) is 27. The monoisotopic (exact) mass is 2470 g/mol. The molecule has 0 aliphatic heterocycles. The Balaban J connectivity index is -0.000000159. The smallest absolute Gasteiger partial charge is 0.302 e. The number of fused-ring (bicyclic) bond motifs is 1. The minimum absolute atomic E-state index is 0. The summed E-state index contributed by atoms with van der Waals surface area (Å²) in [6.07, 6.45) is 50.9. The zero-order chi connectivity index (χ0) is 112. The molecule has 0 N–H and O–H groups in total. The Labute approximate surface area is 982 Å². The number of carbonyl (C=O) groups excluding carboxylic acids is 13. The molecule has 0 atom stereocenters. The fourth-order valence-corrected chi connectivity index (χ4v) is 14.6. The molecule has 868 valence electrons. The largest absolute Gasteiger partial charge is 0.463 e. The number of pyridine rings is 1. The van der Waals surface area contributed by atoms with E-state index in [-0.39, 0.29) is 164 Å². The van der Waals surface area contributed by atoms with E-state index in [2.05, 4.69) is 55.3 Å². The van der Waals surface area contributed by atoms with Gasteiger partial charge in [-0.25, -0.2) is 0 Å². The van der Waals surface area contributed by atoms with Crippen LogP contribution in [0.15, 0.2) is 79.6 Å². The maximum Gasteiger partial charge on any atom is 0.302 e. The molecule has 1 aromatic heterocycles. The third kappa shape index (κ3) is 136. The summed E-state index contributed by atoms with van der Waals surface area (Å²) in [6, 6.07) is 17.6. The quantitative estimate of drug-likeness (QED) is 0.0219. The number of ketones is 11. The third-order valence-corrected chi connectivity index (χ3v) is 22.5. The molecule has 29 heteroatoms. The van der Waals surface area contributed by atoms with Gasteiger partial charge >= 0.3 is 11.9 Å². The van der Waals surface area contributed by atoms with E-state index in [1.54, 1.807) is 94.1 Å². The maximum atomic E-state index is 11.7. The van der Waals surface area contributed by atoms with Gasteiger partial charge in [-0.3, -0.25) is 38.5 Å². The van der Waals surface area contributed by atoms with Gasteiger partial charge in [0, 0.05) is 181 Å². The summed E-state index contributed by atoms with van der Waals surface area (Å²) in [6.45, 7) is 50.5. The van der Waals surface area contributed by atoms with Gasteiger partial charge in [-0.05, 0) is 220 Å². The van der Waals surface area contributed by atoms with Gasteiger partial charge in [0.15, 0.2) is 5.78 Å². The van der Waals surface area contributed by atoms with Gasteiger partial charge in [0.25, 0.3) is 0 Å². The molecule has 4 saturated carbocycles. The number of hydrogen-bond donors (Lipinski definition) is 0. The van der Waals surface area contributed by atoms with Crippen LogP contribution in [-0.4, -0.2) is 252 Å². The van der Waals surface area contributed by atoms with E-state index < -0.39 is 0 Å². The van der Waals surface area contributed by atoms with Crippen LogP contribution in [0.5, 0.6) is 0 Å². The fraction of sp³-hybridized carbons (Fsp3) is 0.752. The zero-order valence-corrected chi connectivity index (χ0v) is 106. The van der Waals surface area contributed by atoms with Gasteiger partial charge in [-0.1, -0.05) is 240 Å². The van der Waals surface area contributed by atoms with Crippen molar-refractivity contribution in [3.63, 3.8) is 0 Å². The topological polar surface area (TPSA) is 349 Å². The van der Waals surface area contributed by atoms with E-state index in [9.17, 15) is 62.3 Å². The molecule has 4 fully saturated rings. The van der Waals surface area contributed by atoms with Crippen molar-refractivity contribution in [2.75, 3.05) is 167 Å². The summed E-state index contributed by atoms with van der Waals surface area (Å²) in [5.41, 5.74) is 1.86. The molecule has 0 spiro atoms. The third-order valence-electron chi connectivity index (χ3n) is 22.5. The Morgan fingerprint density at radius 1 is 0.380 bits per heavy atom. The van der Waals surface area contributed by atoms with Crippen molar-refractivity contribution >= 4 is 86.3 Å².